The molecule has 2 aromatic rings. The zero-order chi connectivity index (χ0) is 28.3. The first kappa shape index (κ1) is 25.9. The molecule has 10 nitrogen and oxygen atoms in total. The molecule has 5 aliphatic rings. The van der Waals surface area contributed by atoms with Crippen molar-refractivity contribution in [1.82, 2.24) is 15.1 Å². The zero-order valence-electron chi connectivity index (χ0n) is 22.9. The highest BCUT2D eigenvalue weighted by atomic mass is 16.2. The molecule has 10 heteroatoms. The van der Waals surface area contributed by atoms with Crippen LogP contribution < -0.4 is 15.1 Å². The average Bonchev–Trinajstić information content (AvgIpc) is 3.18. The monoisotopic (exact) mass is 555 g/mol. The quantitative estimate of drug-likeness (QED) is 0.426. The van der Waals surface area contributed by atoms with E-state index in [0.29, 0.717) is 28.0 Å². The van der Waals surface area contributed by atoms with Gasteiger partial charge < -0.3 is 9.80 Å². The van der Waals surface area contributed by atoms with Crippen molar-refractivity contribution in [3.05, 3.63) is 59.2 Å². The number of piperidine rings is 1. The maximum absolute atomic E-state index is 13.2. The van der Waals surface area contributed by atoms with Crippen LogP contribution in [-0.4, -0.2) is 91.6 Å². The van der Waals surface area contributed by atoms with E-state index in [9.17, 15) is 24.0 Å². The molecule has 1 atom stereocenters. The lowest BCUT2D eigenvalue weighted by Gasteiger charge is -2.60. The van der Waals surface area contributed by atoms with Gasteiger partial charge in [0.1, 0.15) is 12.3 Å². The van der Waals surface area contributed by atoms with Crippen LogP contribution in [0.1, 0.15) is 56.8 Å². The van der Waals surface area contributed by atoms with Gasteiger partial charge in [-0.25, -0.2) is 0 Å². The van der Waals surface area contributed by atoms with Crippen molar-refractivity contribution in [1.29, 1.82) is 0 Å². The number of fused-ring (bicyclic) bond motifs is 1. The van der Waals surface area contributed by atoms with E-state index in [0.717, 1.165) is 62.7 Å². The fourth-order valence-electron chi connectivity index (χ4n) is 7.47. The Kier molecular flexibility index (Phi) is 6.19. The molecule has 212 valence electrons. The van der Waals surface area contributed by atoms with Crippen LogP contribution in [0.2, 0.25) is 0 Å². The molecule has 1 spiro atoms. The highest BCUT2D eigenvalue weighted by molar-refractivity contribution is 6.23. The lowest BCUT2D eigenvalue weighted by molar-refractivity contribution is -0.136. The van der Waals surface area contributed by atoms with Crippen LogP contribution in [0.25, 0.3) is 0 Å². The molecule has 1 aliphatic carbocycles. The van der Waals surface area contributed by atoms with Crippen LogP contribution in [0, 0.1) is 11.3 Å². The van der Waals surface area contributed by atoms with Gasteiger partial charge in [-0.3, -0.25) is 39.1 Å². The SMILES string of the molecule is O=Cc1ccc(N2CCN(CC3CC4(C3)CN(c3ccc5c(c3)C(=O)N(C3CCC(=O)NC3=O)C5=O)C4)CC2)cc1. The first-order valence-corrected chi connectivity index (χ1v) is 14.5. The van der Waals surface area contributed by atoms with Crippen LogP contribution in [0.15, 0.2) is 42.5 Å². The van der Waals surface area contributed by atoms with Crippen LogP contribution in [0.5, 0.6) is 0 Å². The summed E-state index contributed by atoms with van der Waals surface area (Å²) in [5.41, 5.74) is 3.81. The number of nitrogens with zero attached hydrogens (tertiary/aromatic N) is 4. The van der Waals surface area contributed by atoms with E-state index in [1.54, 1.807) is 12.1 Å². The van der Waals surface area contributed by atoms with Gasteiger partial charge in [0, 0.05) is 74.6 Å². The molecular formula is C31H33N5O5. The van der Waals surface area contributed by atoms with Gasteiger partial charge in [0.2, 0.25) is 11.8 Å². The van der Waals surface area contributed by atoms with Gasteiger partial charge in [0.05, 0.1) is 11.1 Å². The van der Waals surface area contributed by atoms with E-state index in [4.69, 9.17) is 0 Å². The summed E-state index contributed by atoms with van der Waals surface area (Å²) in [6, 6.07) is 12.2. The number of anilines is 2. The van der Waals surface area contributed by atoms with Gasteiger partial charge in [-0.1, -0.05) is 0 Å². The topological polar surface area (TPSA) is 110 Å². The lowest BCUT2D eigenvalue weighted by Crippen LogP contribution is -2.64. The van der Waals surface area contributed by atoms with Crippen molar-refractivity contribution < 1.29 is 24.0 Å². The fraction of sp³-hybridized carbons (Fsp3) is 0.452. The third-order valence-electron chi connectivity index (χ3n) is 9.57. The number of hydrogen-bond donors (Lipinski definition) is 1. The molecule has 4 aliphatic heterocycles. The number of carbonyl (C=O) groups excluding carboxylic acids is 5. The predicted octanol–water partition coefficient (Wildman–Crippen LogP) is 1.94. The van der Waals surface area contributed by atoms with E-state index in [1.165, 1.54) is 18.5 Å². The molecule has 0 aromatic heterocycles. The minimum absolute atomic E-state index is 0.111. The van der Waals surface area contributed by atoms with E-state index in [2.05, 4.69) is 20.0 Å². The molecule has 4 heterocycles. The summed E-state index contributed by atoms with van der Waals surface area (Å²) in [7, 11) is 0. The van der Waals surface area contributed by atoms with E-state index >= 15 is 0 Å². The molecule has 2 aromatic carbocycles. The third kappa shape index (κ3) is 4.50. The smallest absolute Gasteiger partial charge is 0.262 e. The van der Waals surface area contributed by atoms with Gasteiger partial charge in [0.15, 0.2) is 0 Å². The Morgan fingerprint density at radius 3 is 2.20 bits per heavy atom. The molecule has 0 radical (unpaired) electrons. The van der Waals surface area contributed by atoms with E-state index in [1.807, 2.05) is 30.3 Å². The maximum atomic E-state index is 13.2. The normalized spacial score (nSPS) is 24.3. The van der Waals surface area contributed by atoms with Crippen LogP contribution >= 0.6 is 0 Å². The molecule has 3 saturated heterocycles. The second kappa shape index (κ2) is 9.80. The fourth-order valence-corrected chi connectivity index (χ4v) is 7.47. The largest absolute Gasteiger partial charge is 0.370 e. The Balaban J connectivity index is 0.902. The number of piperazine rings is 1. The summed E-state index contributed by atoms with van der Waals surface area (Å²) in [6.07, 6.45) is 3.57. The molecule has 1 saturated carbocycles. The average molecular weight is 556 g/mol. The van der Waals surface area contributed by atoms with Gasteiger partial charge in [-0.2, -0.15) is 0 Å². The summed E-state index contributed by atoms with van der Waals surface area (Å²) in [5.74, 6) is -1.19. The number of carbonyl (C=O) groups is 5. The van der Waals surface area contributed by atoms with Crippen molar-refractivity contribution in [2.24, 2.45) is 11.3 Å². The van der Waals surface area contributed by atoms with Crippen LogP contribution in [0.4, 0.5) is 11.4 Å². The molecule has 0 bridgehead atoms. The van der Waals surface area contributed by atoms with Crippen LogP contribution in [0.3, 0.4) is 0 Å². The molecule has 41 heavy (non-hydrogen) atoms. The Morgan fingerprint density at radius 2 is 1.51 bits per heavy atom. The lowest BCUT2D eigenvalue weighted by atomic mass is 9.57. The molecule has 4 amide bonds. The van der Waals surface area contributed by atoms with Crippen molar-refractivity contribution >= 4 is 41.3 Å². The number of nitrogens with one attached hydrogen (secondary N) is 1. The molecular weight excluding hydrogens is 522 g/mol. The predicted molar refractivity (Wildman–Crippen MR) is 151 cm³/mol. The van der Waals surface area contributed by atoms with Crippen LogP contribution in [-0.2, 0) is 9.59 Å². The summed E-state index contributed by atoms with van der Waals surface area (Å²) < 4.78 is 0. The molecule has 4 fully saturated rings. The second-order valence-electron chi connectivity index (χ2n) is 12.3. The van der Waals surface area contributed by atoms with Crippen molar-refractivity contribution in [2.75, 3.05) is 55.6 Å². The Bertz CT molecular complexity index is 1430. The summed E-state index contributed by atoms with van der Waals surface area (Å²) in [5, 5.41) is 2.24. The highest BCUT2D eigenvalue weighted by Crippen LogP contribution is 2.53. The molecule has 1 unspecified atom stereocenters. The summed E-state index contributed by atoms with van der Waals surface area (Å²) >= 11 is 0. The Morgan fingerprint density at radius 1 is 0.829 bits per heavy atom. The van der Waals surface area contributed by atoms with Gasteiger partial charge >= 0.3 is 0 Å². The minimum Gasteiger partial charge on any atom is -0.370 e. The highest BCUT2D eigenvalue weighted by Gasteiger charge is 2.53. The van der Waals surface area contributed by atoms with E-state index < -0.39 is 23.8 Å². The summed E-state index contributed by atoms with van der Waals surface area (Å²) in [4.78, 5) is 69.1. The Labute approximate surface area is 238 Å². The molecule has 1 N–H and O–H groups in total. The first-order chi connectivity index (χ1) is 19.8. The number of amides is 4. The van der Waals surface area contributed by atoms with Gasteiger partial charge in [-0.05, 0) is 67.6 Å². The second-order valence-corrected chi connectivity index (χ2v) is 12.3. The number of imide groups is 2. The van der Waals surface area contributed by atoms with Gasteiger partial charge in [-0.15, -0.1) is 0 Å². The van der Waals surface area contributed by atoms with Crippen molar-refractivity contribution in [3.63, 3.8) is 0 Å². The Hall–Kier alpha value is -4.05. The molecule has 7 rings (SSSR count). The third-order valence-corrected chi connectivity index (χ3v) is 9.57. The zero-order valence-corrected chi connectivity index (χ0v) is 22.9. The van der Waals surface area contributed by atoms with E-state index in [-0.39, 0.29) is 18.7 Å². The number of hydrogen-bond acceptors (Lipinski definition) is 8. The summed E-state index contributed by atoms with van der Waals surface area (Å²) in [6.45, 7) is 7.10. The number of aldehydes is 1. The standard InChI is InChI=1S/C31H33N5O5/c37-17-20-1-3-22(4-2-20)34-11-9-33(10-12-34)16-21-14-31(15-21)18-35(19-31)23-5-6-24-25(13-23)30(41)36(29(24)40)26-7-8-27(38)32-28(26)39/h1-6,13,17,21,26H,7-12,14-16,18-19H2,(H,32,38,39). The first-order valence-electron chi connectivity index (χ1n) is 14.5. The van der Waals surface area contributed by atoms with Gasteiger partial charge in [0.25, 0.3) is 11.8 Å². The minimum atomic E-state index is -0.944. The number of rotatable bonds is 6. The number of benzene rings is 2. The van der Waals surface area contributed by atoms with Crippen molar-refractivity contribution in [2.45, 2.75) is 31.7 Å². The van der Waals surface area contributed by atoms with Crippen molar-refractivity contribution in [3.8, 4) is 0 Å². The maximum Gasteiger partial charge on any atom is 0.262 e.